The predicted octanol–water partition coefficient (Wildman–Crippen LogP) is 2.30. The molecule has 4 N–H and O–H groups in total. The summed E-state index contributed by atoms with van der Waals surface area (Å²) in [4.78, 5) is 21.6. The van der Waals surface area contributed by atoms with Gasteiger partial charge in [-0.25, -0.2) is 0 Å². The van der Waals surface area contributed by atoms with Crippen molar-refractivity contribution in [3.63, 3.8) is 0 Å². The minimum atomic E-state index is -0.321. The summed E-state index contributed by atoms with van der Waals surface area (Å²) in [6.07, 6.45) is 2.28. The number of aromatic nitrogens is 4. The number of aromatic amines is 1. The van der Waals surface area contributed by atoms with Crippen LogP contribution in [0.3, 0.4) is 0 Å². The molecule has 1 saturated carbocycles. The highest BCUT2D eigenvalue weighted by Crippen LogP contribution is 2.40. The fraction of sp³-hybridized carbons (Fsp3) is 0.294. The molecule has 122 valence electrons. The first kappa shape index (κ1) is 14.6. The summed E-state index contributed by atoms with van der Waals surface area (Å²) in [5.41, 5.74) is 8.01. The summed E-state index contributed by atoms with van der Waals surface area (Å²) >= 11 is 0. The van der Waals surface area contributed by atoms with Crippen molar-refractivity contribution in [1.82, 2.24) is 25.5 Å². The number of nitrogen functional groups attached to an aromatic ring is 1. The van der Waals surface area contributed by atoms with Crippen LogP contribution in [-0.4, -0.2) is 26.1 Å². The Morgan fingerprint density at radius 1 is 1.33 bits per heavy atom. The topological polar surface area (TPSA) is 110 Å². The quantitative estimate of drug-likeness (QED) is 0.683. The Labute approximate surface area is 138 Å². The maximum Gasteiger partial charge on any atom is 0.252 e. The van der Waals surface area contributed by atoms with E-state index in [1.165, 1.54) is 0 Å². The minimum absolute atomic E-state index is 0.155. The van der Waals surface area contributed by atoms with E-state index in [9.17, 15) is 4.79 Å². The number of hydrogen-bond donors (Lipinski definition) is 3. The number of rotatable bonds is 4. The molecular formula is C17H18N6O. The van der Waals surface area contributed by atoms with E-state index in [0.717, 1.165) is 29.4 Å². The van der Waals surface area contributed by atoms with Gasteiger partial charge in [-0.15, -0.1) is 5.10 Å². The molecule has 0 unspecified atom stereocenters. The lowest BCUT2D eigenvalue weighted by Gasteiger charge is -2.13. The molecule has 0 radical (unpaired) electrons. The molecule has 0 saturated heterocycles. The van der Waals surface area contributed by atoms with Crippen LogP contribution in [0.2, 0.25) is 0 Å². The van der Waals surface area contributed by atoms with Crippen LogP contribution in [0, 0.1) is 0 Å². The minimum Gasteiger partial charge on any atom is -0.367 e. The summed E-state index contributed by atoms with van der Waals surface area (Å²) in [5, 5.41) is 10.3. The second-order valence-corrected chi connectivity index (χ2v) is 6.16. The van der Waals surface area contributed by atoms with E-state index in [1.54, 1.807) is 0 Å². The van der Waals surface area contributed by atoms with Crippen molar-refractivity contribution in [3.8, 4) is 0 Å². The van der Waals surface area contributed by atoms with Crippen LogP contribution in [0.4, 0.5) is 5.95 Å². The molecule has 1 fully saturated rings. The van der Waals surface area contributed by atoms with Crippen LogP contribution in [0.1, 0.15) is 53.6 Å². The molecule has 2 aromatic heterocycles. The largest absolute Gasteiger partial charge is 0.367 e. The number of pyridine rings is 1. The highest BCUT2D eigenvalue weighted by molar-refractivity contribution is 6.06. The van der Waals surface area contributed by atoms with Gasteiger partial charge in [0.05, 0.1) is 17.1 Å². The van der Waals surface area contributed by atoms with Crippen molar-refractivity contribution in [2.24, 2.45) is 0 Å². The Bertz CT molecular complexity index is 914. The van der Waals surface area contributed by atoms with Crippen LogP contribution in [0.15, 0.2) is 30.3 Å². The van der Waals surface area contributed by atoms with Crippen molar-refractivity contribution in [1.29, 1.82) is 0 Å². The first-order valence-corrected chi connectivity index (χ1v) is 8.00. The van der Waals surface area contributed by atoms with Gasteiger partial charge in [-0.2, -0.15) is 4.98 Å². The lowest BCUT2D eigenvalue weighted by Crippen LogP contribution is -2.27. The van der Waals surface area contributed by atoms with Crippen LogP contribution in [-0.2, 0) is 0 Å². The van der Waals surface area contributed by atoms with E-state index in [4.69, 9.17) is 10.7 Å². The molecule has 24 heavy (non-hydrogen) atoms. The van der Waals surface area contributed by atoms with Gasteiger partial charge in [0.15, 0.2) is 0 Å². The SMILES string of the molecule is C[C@H](NC(=O)c1cc(C2CC2)nc2ccccc12)c1nc(N)n[nH]1. The van der Waals surface area contributed by atoms with E-state index in [-0.39, 0.29) is 17.9 Å². The van der Waals surface area contributed by atoms with Crippen molar-refractivity contribution in [2.75, 3.05) is 5.73 Å². The summed E-state index contributed by atoms with van der Waals surface area (Å²) in [7, 11) is 0. The molecule has 0 spiro atoms. The Morgan fingerprint density at radius 3 is 2.83 bits per heavy atom. The third-order valence-corrected chi connectivity index (χ3v) is 4.25. The smallest absolute Gasteiger partial charge is 0.252 e. The van der Waals surface area contributed by atoms with E-state index in [2.05, 4.69) is 20.5 Å². The summed E-state index contributed by atoms with van der Waals surface area (Å²) in [6, 6.07) is 9.31. The molecule has 7 nitrogen and oxygen atoms in total. The van der Waals surface area contributed by atoms with Crippen LogP contribution < -0.4 is 11.1 Å². The van der Waals surface area contributed by atoms with Gasteiger partial charge in [-0.05, 0) is 31.9 Å². The van der Waals surface area contributed by atoms with Gasteiger partial charge in [0.2, 0.25) is 5.95 Å². The van der Waals surface area contributed by atoms with Crippen molar-refractivity contribution in [2.45, 2.75) is 31.7 Å². The van der Waals surface area contributed by atoms with Crippen LogP contribution in [0.5, 0.6) is 0 Å². The molecule has 1 amide bonds. The van der Waals surface area contributed by atoms with Gasteiger partial charge >= 0.3 is 0 Å². The molecule has 3 aromatic rings. The number of nitrogens with two attached hydrogens (primary N) is 1. The number of nitrogens with zero attached hydrogens (tertiary/aromatic N) is 3. The molecule has 1 atom stereocenters. The van der Waals surface area contributed by atoms with E-state index >= 15 is 0 Å². The Kier molecular flexibility index (Phi) is 3.41. The van der Waals surface area contributed by atoms with Gasteiger partial charge in [0.25, 0.3) is 5.91 Å². The van der Waals surface area contributed by atoms with E-state index in [1.807, 2.05) is 37.3 Å². The van der Waals surface area contributed by atoms with Crippen molar-refractivity contribution in [3.05, 3.63) is 47.4 Å². The summed E-state index contributed by atoms with van der Waals surface area (Å²) in [6.45, 7) is 1.84. The Hall–Kier alpha value is -2.96. The maximum absolute atomic E-state index is 12.8. The van der Waals surface area contributed by atoms with Crippen molar-refractivity contribution >= 4 is 22.8 Å². The number of benzene rings is 1. The number of H-pyrrole nitrogens is 1. The van der Waals surface area contributed by atoms with Gasteiger partial charge in [-0.3, -0.25) is 14.9 Å². The average molecular weight is 322 g/mol. The zero-order chi connectivity index (χ0) is 16.7. The Morgan fingerprint density at radius 2 is 2.12 bits per heavy atom. The van der Waals surface area contributed by atoms with Gasteiger partial charge in [0, 0.05) is 17.0 Å². The van der Waals surface area contributed by atoms with Gasteiger partial charge in [-0.1, -0.05) is 18.2 Å². The molecule has 0 aliphatic heterocycles. The molecule has 1 aliphatic carbocycles. The van der Waals surface area contributed by atoms with Crippen molar-refractivity contribution < 1.29 is 4.79 Å². The molecule has 2 heterocycles. The number of hydrogen-bond acceptors (Lipinski definition) is 5. The lowest BCUT2D eigenvalue weighted by atomic mass is 10.0. The fourth-order valence-electron chi connectivity index (χ4n) is 2.80. The molecule has 0 bridgehead atoms. The maximum atomic E-state index is 12.8. The number of amides is 1. The van der Waals surface area contributed by atoms with Gasteiger partial charge in [0.1, 0.15) is 5.82 Å². The van der Waals surface area contributed by atoms with Crippen LogP contribution >= 0.6 is 0 Å². The van der Waals surface area contributed by atoms with Gasteiger partial charge < -0.3 is 11.1 Å². The highest BCUT2D eigenvalue weighted by atomic mass is 16.1. The monoisotopic (exact) mass is 322 g/mol. The number of nitrogens with one attached hydrogen (secondary N) is 2. The third kappa shape index (κ3) is 2.68. The third-order valence-electron chi connectivity index (χ3n) is 4.25. The zero-order valence-electron chi connectivity index (χ0n) is 13.3. The molecule has 7 heteroatoms. The van der Waals surface area contributed by atoms with Crippen LogP contribution in [0.25, 0.3) is 10.9 Å². The first-order chi connectivity index (χ1) is 11.6. The predicted molar refractivity (Wildman–Crippen MR) is 90.4 cm³/mol. The standard InChI is InChI=1S/C17H18N6O/c1-9(15-21-17(18)23-22-15)19-16(24)12-8-14(10-6-7-10)20-13-5-3-2-4-11(12)13/h2-5,8-10H,6-7H2,1H3,(H,19,24)(H3,18,21,22,23)/t9-/m0/s1. The Balaban J connectivity index is 1.68. The van der Waals surface area contributed by atoms with E-state index in [0.29, 0.717) is 17.3 Å². The molecule has 4 rings (SSSR count). The first-order valence-electron chi connectivity index (χ1n) is 8.00. The molecule has 1 aliphatic rings. The molecule has 1 aromatic carbocycles. The number of anilines is 1. The fourth-order valence-corrected chi connectivity index (χ4v) is 2.80. The number of carbonyl (C=O) groups excluding carboxylic acids is 1. The molecular weight excluding hydrogens is 304 g/mol. The van der Waals surface area contributed by atoms with E-state index < -0.39 is 0 Å². The lowest BCUT2D eigenvalue weighted by molar-refractivity contribution is 0.0940. The summed E-state index contributed by atoms with van der Waals surface area (Å²) in [5.74, 6) is 1.02. The average Bonchev–Trinajstić information content (AvgIpc) is 3.34. The second-order valence-electron chi connectivity index (χ2n) is 6.16. The summed E-state index contributed by atoms with van der Waals surface area (Å²) < 4.78 is 0. The normalized spacial score (nSPS) is 15.4. The number of carbonyl (C=O) groups is 1. The second kappa shape index (κ2) is 5.59. The highest BCUT2D eigenvalue weighted by Gasteiger charge is 2.27. The zero-order valence-corrected chi connectivity index (χ0v) is 13.3. The number of para-hydroxylation sites is 1. The number of fused-ring (bicyclic) bond motifs is 1.